The van der Waals surface area contributed by atoms with Gasteiger partial charge in [0.25, 0.3) is 0 Å². The van der Waals surface area contributed by atoms with E-state index < -0.39 is 0 Å². The highest BCUT2D eigenvalue weighted by molar-refractivity contribution is 5.81. The predicted octanol–water partition coefficient (Wildman–Crippen LogP) is 3.39. The molecule has 1 atom stereocenters. The van der Waals surface area contributed by atoms with Crippen molar-refractivity contribution in [1.82, 2.24) is 9.80 Å². The summed E-state index contributed by atoms with van der Waals surface area (Å²) in [7, 11) is 1.78. The van der Waals surface area contributed by atoms with Gasteiger partial charge in [-0.2, -0.15) is 0 Å². The van der Waals surface area contributed by atoms with Crippen LogP contribution in [0.3, 0.4) is 0 Å². The monoisotopic (exact) mass is 399 g/mol. The smallest absolute Gasteiger partial charge is 0.239 e. The minimum atomic E-state index is -0.278. The van der Waals surface area contributed by atoms with Crippen molar-refractivity contribution in [1.29, 1.82) is 0 Å². The van der Waals surface area contributed by atoms with Crippen LogP contribution in [-0.2, 0) is 11.3 Å². The lowest BCUT2D eigenvalue weighted by Gasteiger charge is -2.39. The van der Waals surface area contributed by atoms with E-state index in [1.165, 1.54) is 12.1 Å². The van der Waals surface area contributed by atoms with Crippen molar-refractivity contribution < 1.29 is 13.9 Å². The summed E-state index contributed by atoms with van der Waals surface area (Å²) in [6.45, 7) is 8.28. The third kappa shape index (κ3) is 5.26. The van der Waals surface area contributed by atoms with E-state index in [0.29, 0.717) is 13.2 Å². The molecule has 3 rings (SSSR count). The van der Waals surface area contributed by atoms with Crippen molar-refractivity contribution >= 4 is 11.6 Å². The summed E-state index contributed by atoms with van der Waals surface area (Å²) in [6, 6.07) is 14.3. The van der Waals surface area contributed by atoms with Gasteiger partial charge in [0.05, 0.1) is 18.3 Å². The summed E-state index contributed by atoms with van der Waals surface area (Å²) < 4.78 is 19.2. The van der Waals surface area contributed by atoms with Crippen molar-refractivity contribution in [2.45, 2.75) is 26.4 Å². The van der Waals surface area contributed by atoms with E-state index in [1.54, 1.807) is 18.0 Å². The van der Waals surface area contributed by atoms with Gasteiger partial charge in [0, 0.05) is 39.8 Å². The van der Waals surface area contributed by atoms with Crippen molar-refractivity contribution in [3.8, 4) is 5.75 Å². The Morgan fingerprint density at radius 3 is 2.55 bits per heavy atom. The number of amides is 1. The highest BCUT2D eigenvalue weighted by atomic mass is 19.1. The number of rotatable bonds is 7. The summed E-state index contributed by atoms with van der Waals surface area (Å²) in [5, 5.41) is 0. The molecule has 0 spiro atoms. The van der Waals surface area contributed by atoms with Crippen molar-refractivity contribution in [3.63, 3.8) is 0 Å². The van der Waals surface area contributed by atoms with Crippen molar-refractivity contribution in [3.05, 3.63) is 59.9 Å². The van der Waals surface area contributed by atoms with E-state index >= 15 is 0 Å². The normalized spacial score (nSPS) is 15.8. The zero-order chi connectivity index (χ0) is 20.8. The van der Waals surface area contributed by atoms with E-state index in [9.17, 15) is 9.18 Å². The molecule has 1 aliphatic rings. The molecule has 156 valence electrons. The maximum Gasteiger partial charge on any atom is 0.239 e. The molecule has 0 aliphatic carbocycles. The molecule has 5 nitrogen and oxygen atoms in total. The molecule has 0 aromatic heterocycles. The Bertz CT molecular complexity index is 821. The number of carbonyl (C=O) groups excluding carboxylic acids is 1. The van der Waals surface area contributed by atoms with Crippen LogP contribution in [0.25, 0.3) is 0 Å². The minimum absolute atomic E-state index is 0.0532. The first-order chi connectivity index (χ1) is 14.0. The first-order valence-electron chi connectivity index (χ1n) is 10.2. The number of hydrogen-bond acceptors (Lipinski definition) is 4. The molecule has 1 amide bonds. The van der Waals surface area contributed by atoms with Gasteiger partial charge in [-0.1, -0.05) is 24.3 Å². The van der Waals surface area contributed by atoms with E-state index in [1.807, 2.05) is 38.1 Å². The summed E-state index contributed by atoms with van der Waals surface area (Å²) in [6.07, 6.45) is 0. The van der Waals surface area contributed by atoms with Crippen LogP contribution in [0.15, 0.2) is 48.5 Å². The number of piperazine rings is 1. The topological polar surface area (TPSA) is 36.0 Å². The van der Waals surface area contributed by atoms with Crippen LogP contribution >= 0.6 is 0 Å². The second-order valence-electron chi connectivity index (χ2n) is 7.42. The molecule has 29 heavy (non-hydrogen) atoms. The van der Waals surface area contributed by atoms with Crippen LogP contribution < -0.4 is 9.64 Å². The maximum atomic E-state index is 13.4. The Kier molecular flexibility index (Phi) is 7.09. The Morgan fingerprint density at radius 1 is 1.14 bits per heavy atom. The number of benzene rings is 2. The largest absolute Gasteiger partial charge is 0.492 e. The van der Waals surface area contributed by atoms with Crippen molar-refractivity contribution in [2.75, 3.05) is 44.7 Å². The van der Waals surface area contributed by atoms with Crippen LogP contribution in [0.2, 0.25) is 0 Å². The zero-order valence-electron chi connectivity index (χ0n) is 17.5. The molecular weight excluding hydrogens is 369 g/mol. The van der Waals surface area contributed by atoms with Gasteiger partial charge in [0.2, 0.25) is 5.91 Å². The number of anilines is 1. The summed E-state index contributed by atoms with van der Waals surface area (Å²) >= 11 is 0. The highest BCUT2D eigenvalue weighted by Crippen LogP contribution is 2.29. The molecule has 0 saturated carbocycles. The van der Waals surface area contributed by atoms with Gasteiger partial charge in [0.15, 0.2) is 0 Å². The molecule has 0 unspecified atom stereocenters. The summed E-state index contributed by atoms with van der Waals surface area (Å²) in [5.41, 5.74) is 1.90. The van der Waals surface area contributed by atoms with Crippen LogP contribution in [0.1, 0.15) is 19.4 Å². The number of carbonyl (C=O) groups is 1. The fraction of sp³-hybridized carbons (Fsp3) is 0.435. The lowest BCUT2D eigenvalue weighted by atomic mass is 10.1. The van der Waals surface area contributed by atoms with Gasteiger partial charge in [0.1, 0.15) is 11.6 Å². The molecule has 2 aromatic rings. The lowest BCUT2D eigenvalue weighted by molar-refractivity contribution is -0.135. The Morgan fingerprint density at radius 2 is 1.86 bits per heavy atom. The number of nitrogens with zero attached hydrogens (tertiary/aromatic N) is 3. The lowest BCUT2D eigenvalue weighted by Crippen LogP contribution is -2.54. The molecule has 1 saturated heterocycles. The number of hydrogen-bond donors (Lipinski definition) is 0. The Hall–Kier alpha value is -2.60. The van der Waals surface area contributed by atoms with Crippen LogP contribution in [0, 0.1) is 5.82 Å². The van der Waals surface area contributed by atoms with Gasteiger partial charge in [-0.05, 0) is 43.7 Å². The molecule has 1 heterocycles. The minimum Gasteiger partial charge on any atom is -0.492 e. The highest BCUT2D eigenvalue weighted by Gasteiger charge is 2.28. The molecule has 0 N–H and O–H groups in total. The standard InChI is InChI=1S/C23H30FN3O2/c1-4-29-22-11-6-5-10-21(22)27-14-12-26(13-15-27)18(2)23(28)25(3)17-19-8-7-9-20(24)16-19/h5-11,16,18H,4,12-15,17H2,1-3H3/t18-/m0/s1. The van der Waals surface area contributed by atoms with Gasteiger partial charge in [-0.25, -0.2) is 4.39 Å². The molecule has 0 radical (unpaired) electrons. The average molecular weight is 400 g/mol. The second-order valence-corrected chi connectivity index (χ2v) is 7.42. The first kappa shape index (κ1) is 21.1. The molecule has 2 aromatic carbocycles. The van der Waals surface area contributed by atoms with E-state index in [-0.39, 0.29) is 17.8 Å². The van der Waals surface area contributed by atoms with Crippen molar-refractivity contribution in [2.24, 2.45) is 0 Å². The van der Waals surface area contributed by atoms with Crippen LogP contribution in [0.5, 0.6) is 5.75 Å². The molecule has 0 bridgehead atoms. The van der Waals surface area contributed by atoms with E-state index in [2.05, 4.69) is 15.9 Å². The maximum absolute atomic E-state index is 13.4. The van der Waals surface area contributed by atoms with Gasteiger partial charge < -0.3 is 14.5 Å². The first-order valence-corrected chi connectivity index (χ1v) is 10.2. The summed E-state index contributed by atoms with van der Waals surface area (Å²) in [5.74, 6) is 0.680. The Balaban J connectivity index is 1.56. The third-order valence-corrected chi connectivity index (χ3v) is 5.41. The van der Waals surface area contributed by atoms with Crippen LogP contribution in [-0.4, -0.2) is 61.6 Å². The molecule has 1 fully saturated rings. The average Bonchev–Trinajstić information content (AvgIpc) is 2.73. The summed E-state index contributed by atoms with van der Waals surface area (Å²) in [4.78, 5) is 19.1. The molecular formula is C23H30FN3O2. The number of likely N-dealkylation sites (N-methyl/N-ethyl adjacent to an activating group) is 1. The van der Waals surface area contributed by atoms with Gasteiger partial charge in [-0.3, -0.25) is 9.69 Å². The molecule has 1 aliphatic heterocycles. The fourth-order valence-electron chi connectivity index (χ4n) is 3.81. The zero-order valence-corrected chi connectivity index (χ0v) is 17.5. The number of halogens is 1. The number of ether oxygens (including phenoxy) is 1. The van der Waals surface area contributed by atoms with E-state index in [0.717, 1.165) is 43.2 Å². The SMILES string of the molecule is CCOc1ccccc1N1CCN([C@@H](C)C(=O)N(C)Cc2cccc(F)c2)CC1. The van der Waals surface area contributed by atoms with Gasteiger partial charge >= 0.3 is 0 Å². The fourth-order valence-corrected chi connectivity index (χ4v) is 3.81. The third-order valence-electron chi connectivity index (χ3n) is 5.41. The second kappa shape index (κ2) is 9.74. The molecule has 6 heteroatoms. The van der Waals surface area contributed by atoms with Gasteiger partial charge in [-0.15, -0.1) is 0 Å². The Labute approximate surface area is 172 Å². The predicted molar refractivity (Wildman–Crippen MR) is 114 cm³/mol. The van der Waals surface area contributed by atoms with E-state index in [4.69, 9.17) is 4.74 Å². The van der Waals surface area contributed by atoms with Crippen LogP contribution in [0.4, 0.5) is 10.1 Å². The number of para-hydroxylation sites is 2. The quantitative estimate of drug-likeness (QED) is 0.715.